The summed E-state index contributed by atoms with van der Waals surface area (Å²) in [4.78, 5) is 15.3. The molecule has 2 rings (SSSR count). The Morgan fingerprint density at radius 1 is 1.53 bits per heavy atom. The molecule has 0 aliphatic heterocycles. The first kappa shape index (κ1) is 13.9. The highest BCUT2D eigenvalue weighted by Gasteiger charge is 2.60. The number of carbonyl (C=O) groups excluding carboxylic acids is 1. The third-order valence-corrected chi connectivity index (χ3v) is 3.47. The molecular formula is C13H16F2N2O2. The summed E-state index contributed by atoms with van der Waals surface area (Å²) in [6, 6.07) is 3.54. The second-order valence-corrected chi connectivity index (χ2v) is 4.83. The number of pyridine rings is 1. The molecule has 1 amide bonds. The summed E-state index contributed by atoms with van der Waals surface area (Å²) < 4.78 is 27.4. The number of halogens is 2. The van der Waals surface area contributed by atoms with Crippen molar-refractivity contribution in [2.45, 2.75) is 37.2 Å². The van der Waals surface area contributed by atoms with Crippen molar-refractivity contribution in [1.82, 2.24) is 10.3 Å². The molecule has 19 heavy (non-hydrogen) atoms. The van der Waals surface area contributed by atoms with Crippen LogP contribution in [0.5, 0.6) is 0 Å². The summed E-state index contributed by atoms with van der Waals surface area (Å²) in [6.07, 6.45) is 4.11. The topological polar surface area (TPSA) is 62.2 Å². The number of nitrogens with one attached hydrogen (secondary N) is 1. The van der Waals surface area contributed by atoms with Crippen LogP contribution >= 0.6 is 0 Å². The van der Waals surface area contributed by atoms with E-state index in [1.165, 1.54) is 0 Å². The first-order chi connectivity index (χ1) is 8.96. The minimum Gasteiger partial charge on any atom is -0.383 e. The van der Waals surface area contributed by atoms with E-state index < -0.39 is 17.4 Å². The number of alkyl halides is 2. The van der Waals surface area contributed by atoms with Gasteiger partial charge in [0.15, 0.2) is 0 Å². The first-order valence-electron chi connectivity index (χ1n) is 6.23. The lowest BCUT2D eigenvalue weighted by Gasteiger charge is -2.41. The number of rotatable bonds is 5. The van der Waals surface area contributed by atoms with E-state index >= 15 is 0 Å². The van der Waals surface area contributed by atoms with Crippen LogP contribution in [0.1, 0.15) is 24.8 Å². The summed E-state index contributed by atoms with van der Waals surface area (Å²) in [6.45, 7) is 0.0934. The molecule has 1 aromatic heterocycles. The van der Waals surface area contributed by atoms with Gasteiger partial charge in [-0.05, 0) is 37.3 Å². The molecule has 0 saturated heterocycles. The standard InChI is InChI=1S/C13H16F2N2O2/c14-13(15,12(19)5-2-6-12)11(18)17-8-4-10-3-1-7-16-9-10/h1,3,7,9,19H,2,4-6,8H2,(H,17,18). The van der Waals surface area contributed by atoms with Crippen molar-refractivity contribution in [2.24, 2.45) is 0 Å². The maximum atomic E-state index is 13.7. The molecule has 1 aliphatic carbocycles. The third kappa shape index (κ3) is 2.73. The Kier molecular flexibility index (Phi) is 3.80. The van der Waals surface area contributed by atoms with Crippen LogP contribution in [0.15, 0.2) is 24.5 Å². The first-order valence-corrected chi connectivity index (χ1v) is 6.23. The lowest BCUT2D eigenvalue weighted by Crippen LogP contribution is -2.60. The maximum absolute atomic E-state index is 13.7. The summed E-state index contributed by atoms with van der Waals surface area (Å²) >= 11 is 0. The van der Waals surface area contributed by atoms with Crippen LogP contribution in [-0.4, -0.2) is 34.1 Å². The number of nitrogens with zero attached hydrogens (tertiary/aromatic N) is 1. The van der Waals surface area contributed by atoms with Gasteiger partial charge in [-0.25, -0.2) is 0 Å². The molecule has 2 N–H and O–H groups in total. The zero-order valence-corrected chi connectivity index (χ0v) is 10.4. The van der Waals surface area contributed by atoms with Gasteiger partial charge in [-0.1, -0.05) is 6.07 Å². The monoisotopic (exact) mass is 270 g/mol. The van der Waals surface area contributed by atoms with Crippen LogP contribution in [-0.2, 0) is 11.2 Å². The number of aromatic nitrogens is 1. The molecule has 1 aromatic rings. The number of amides is 1. The Hall–Kier alpha value is -1.56. The van der Waals surface area contributed by atoms with Crippen molar-refractivity contribution in [1.29, 1.82) is 0 Å². The molecule has 0 unspecified atom stereocenters. The van der Waals surface area contributed by atoms with Gasteiger partial charge in [0, 0.05) is 18.9 Å². The number of carbonyl (C=O) groups is 1. The van der Waals surface area contributed by atoms with Gasteiger partial charge in [0.05, 0.1) is 0 Å². The van der Waals surface area contributed by atoms with Gasteiger partial charge in [0.25, 0.3) is 5.91 Å². The second kappa shape index (κ2) is 5.21. The van der Waals surface area contributed by atoms with Gasteiger partial charge in [-0.3, -0.25) is 9.78 Å². The van der Waals surface area contributed by atoms with Crippen LogP contribution in [0.4, 0.5) is 8.78 Å². The second-order valence-electron chi connectivity index (χ2n) is 4.83. The minimum atomic E-state index is -3.72. The van der Waals surface area contributed by atoms with Crippen LogP contribution in [0.25, 0.3) is 0 Å². The Balaban J connectivity index is 1.84. The summed E-state index contributed by atoms with van der Waals surface area (Å²) in [5, 5.41) is 11.8. The zero-order chi connectivity index (χ0) is 13.9. The molecule has 6 heteroatoms. The predicted octanol–water partition coefficient (Wildman–Crippen LogP) is 1.29. The SMILES string of the molecule is O=C(NCCc1cccnc1)C(F)(F)C1(O)CCC1. The van der Waals surface area contributed by atoms with E-state index in [-0.39, 0.29) is 19.4 Å². The largest absolute Gasteiger partial charge is 0.383 e. The number of aliphatic hydroxyl groups is 1. The van der Waals surface area contributed by atoms with Crippen molar-refractivity contribution >= 4 is 5.91 Å². The van der Waals surface area contributed by atoms with Crippen molar-refractivity contribution < 1.29 is 18.7 Å². The van der Waals surface area contributed by atoms with E-state index in [0.717, 1.165) is 5.56 Å². The van der Waals surface area contributed by atoms with Gasteiger partial charge in [-0.2, -0.15) is 8.78 Å². The predicted molar refractivity (Wildman–Crippen MR) is 64.7 cm³/mol. The highest BCUT2D eigenvalue weighted by Crippen LogP contribution is 2.44. The molecule has 1 saturated carbocycles. The average molecular weight is 270 g/mol. The van der Waals surface area contributed by atoms with E-state index in [9.17, 15) is 18.7 Å². The van der Waals surface area contributed by atoms with Crippen molar-refractivity contribution in [3.63, 3.8) is 0 Å². The van der Waals surface area contributed by atoms with Gasteiger partial charge < -0.3 is 10.4 Å². The normalized spacial score (nSPS) is 17.6. The summed E-state index contributed by atoms with van der Waals surface area (Å²) in [7, 11) is 0. The van der Waals surface area contributed by atoms with Crippen LogP contribution in [0.3, 0.4) is 0 Å². The highest BCUT2D eigenvalue weighted by molar-refractivity contribution is 5.85. The molecule has 1 heterocycles. The quantitative estimate of drug-likeness (QED) is 0.847. The Bertz CT molecular complexity index is 447. The summed E-state index contributed by atoms with van der Waals surface area (Å²) in [5.41, 5.74) is -1.31. The molecule has 104 valence electrons. The molecule has 0 radical (unpaired) electrons. The number of hydrogen-bond acceptors (Lipinski definition) is 3. The van der Waals surface area contributed by atoms with Crippen LogP contribution in [0.2, 0.25) is 0 Å². The average Bonchev–Trinajstić information content (AvgIpc) is 2.36. The fourth-order valence-electron chi connectivity index (χ4n) is 2.01. The van der Waals surface area contributed by atoms with Crippen molar-refractivity contribution in [3.05, 3.63) is 30.1 Å². The Labute approximate surface area is 109 Å². The van der Waals surface area contributed by atoms with Crippen molar-refractivity contribution in [3.8, 4) is 0 Å². The van der Waals surface area contributed by atoms with Crippen molar-refractivity contribution in [2.75, 3.05) is 6.54 Å². The Morgan fingerprint density at radius 3 is 2.79 bits per heavy atom. The zero-order valence-electron chi connectivity index (χ0n) is 10.4. The Morgan fingerprint density at radius 2 is 2.26 bits per heavy atom. The molecule has 0 atom stereocenters. The lowest BCUT2D eigenvalue weighted by molar-refractivity contribution is -0.215. The summed E-state index contributed by atoms with van der Waals surface area (Å²) in [5.74, 6) is -5.13. The molecule has 0 aromatic carbocycles. The fourth-order valence-corrected chi connectivity index (χ4v) is 2.01. The third-order valence-electron chi connectivity index (χ3n) is 3.47. The molecular weight excluding hydrogens is 254 g/mol. The van der Waals surface area contributed by atoms with Gasteiger partial charge in [-0.15, -0.1) is 0 Å². The maximum Gasteiger partial charge on any atom is 0.352 e. The molecule has 1 fully saturated rings. The number of hydrogen-bond donors (Lipinski definition) is 2. The van der Waals surface area contributed by atoms with Gasteiger partial charge >= 0.3 is 5.92 Å². The van der Waals surface area contributed by atoms with Gasteiger partial charge in [0.2, 0.25) is 0 Å². The van der Waals surface area contributed by atoms with E-state index in [1.54, 1.807) is 24.5 Å². The molecule has 1 aliphatic rings. The van der Waals surface area contributed by atoms with Crippen LogP contribution in [0, 0.1) is 0 Å². The minimum absolute atomic E-state index is 0.0317. The molecule has 4 nitrogen and oxygen atoms in total. The van der Waals surface area contributed by atoms with E-state index in [1.807, 2.05) is 0 Å². The molecule has 0 bridgehead atoms. The highest BCUT2D eigenvalue weighted by atomic mass is 19.3. The molecule has 0 spiro atoms. The van der Waals surface area contributed by atoms with E-state index in [4.69, 9.17) is 0 Å². The van der Waals surface area contributed by atoms with E-state index in [2.05, 4.69) is 10.3 Å². The van der Waals surface area contributed by atoms with E-state index in [0.29, 0.717) is 12.8 Å². The lowest BCUT2D eigenvalue weighted by atomic mass is 9.75. The fraction of sp³-hybridized carbons (Fsp3) is 0.538. The smallest absolute Gasteiger partial charge is 0.352 e. The van der Waals surface area contributed by atoms with Gasteiger partial charge in [0.1, 0.15) is 5.60 Å². The van der Waals surface area contributed by atoms with Crippen LogP contribution < -0.4 is 5.32 Å².